The SMILES string of the molecule is CNCc1ccccc1-n1nc(C)c(Br)c1C. The van der Waals surface area contributed by atoms with Gasteiger partial charge in [-0.05, 0) is 48.5 Å². The van der Waals surface area contributed by atoms with Gasteiger partial charge in [-0.3, -0.25) is 0 Å². The molecule has 2 aromatic rings. The summed E-state index contributed by atoms with van der Waals surface area (Å²) in [7, 11) is 1.95. The standard InChI is InChI=1S/C13H16BrN3/c1-9-13(14)10(2)17(16-9)12-7-5-4-6-11(12)8-15-3/h4-7,15H,8H2,1-3H3. The summed E-state index contributed by atoms with van der Waals surface area (Å²) < 4.78 is 3.07. The number of rotatable bonds is 3. The molecule has 0 radical (unpaired) electrons. The van der Waals surface area contributed by atoms with Crippen molar-refractivity contribution in [2.75, 3.05) is 7.05 Å². The molecule has 0 atom stereocenters. The highest BCUT2D eigenvalue weighted by Crippen LogP contribution is 2.24. The molecule has 1 aromatic heterocycles. The Morgan fingerprint density at radius 1 is 1.29 bits per heavy atom. The lowest BCUT2D eigenvalue weighted by Gasteiger charge is -2.10. The zero-order chi connectivity index (χ0) is 12.4. The number of hydrogen-bond acceptors (Lipinski definition) is 2. The number of halogens is 1. The van der Waals surface area contributed by atoms with Gasteiger partial charge in [0.1, 0.15) is 0 Å². The van der Waals surface area contributed by atoms with Crippen molar-refractivity contribution >= 4 is 15.9 Å². The zero-order valence-electron chi connectivity index (χ0n) is 10.3. The van der Waals surface area contributed by atoms with E-state index in [-0.39, 0.29) is 0 Å². The van der Waals surface area contributed by atoms with E-state index in [4.69, 9.17) is 0 Å². The highest BCUT2D eigenvalue weighted by atomic mass is 79.9. The third-order valence-electron chi connectivity index (χ3n) is 2.79. The van der Waals surface area contributed by atoms with Crippen LogP contribution in [0.4, 0.5) is 0 Å². The van der Waals surface area contributed by atoms with Crippen molar-refractivity contribution in [3.63, 3.8) is 0 Å². The largest absolute Gasteiger partial charge is 0.316 e. The third-order valence-corrected chi connectivity index (χ3v) is 3.94. The summed E-state index contributed by atoms with van der Waals surface area (Å²) in [5, 5.41) is 7.75. The summed E-state index contributed by atoms with van der Waals surface area (Å²) in [5.41, 5.74) is 4.52. The molecule has 4 heteroatoms. The molecule has 90 valence electrons. The Morgan fingerprint density at radius 3 is 2.59 bits per heavy atom. The molecule has 0 aliphatic carbocycles. The molecule has 0 saturated heterocycles. The average Bonchev–Trinajstić information content (AvgIpc) is 2.58. The van der Waals surface area contributed by atoms with Crippen molar-refractivity contribution in [2.45, 2.75) is 20.4 Å². The molecule has 0 saturated carbocycles. The van der Waals surface area contributed by atoms with Crippen LogP contribution in [0.1, 0.15) is 17.0 Å². The Kier molecular flexibility index (Phi) is 3.64. The maximum Gasteiger partial charge on any atom is 0.0743 e. The van der Waals surface area contributed by atoms with E-state index < -0.39 is 0 Å². The molecule has 0 spiro atoms. The first-order chi connectivity index (χ1) is 8.15. The van der Waals surface area contributed by atoms with Gasteiger partial charge in [0.25, 0.3) is 0 Å². The van der Waals surface area contributed by atoms with Crippen molar-refractivity contribution in [2.24, 2.45) is 0 Å². The second-order valence-corrected chi connectivity index (χ2v) is 4.85. The summed E-state index contributed by atoms with van der Waals surface area (Å²) in [4.78, 5) is 0. The van der Waals surface area contributed by atoms with Gasteiger partial charge in [-0.1, -0.05) is 18.2 Å². The molecule has 3 nitrogen and oxygen atoms in total. The second-order valence-electron chi connectivity index (χ2n) is 4.06. The number of nitrogens with zero attached hydrogens (tertiary/aromatic N) is 2. The summed E-state index contributed by atoms with van der Waals surface area (Å²) in [6.07, 6.45) is 0. The number of aryl methyl sites for hydroxylation is 1. The molecule has 0 unspecified atom stereocenters. The van der Waals surface area contributed by atoms with Gasteiger partial charge in [-0.2, -0.15) is 5.10 Å². The van der Waals surface area contributed by atoms with Gasteiger partial charge in [-0.25, -0.2) is 4.68 Å². The maximum atomic E-state index is 4.56. The molecule has 1 aromatic carbocycles. The monoisotopic (exact) mass is 293 g/mol. The van der Waals surface area contributed by atoms with E-state index >= 15 is 0 Å². The lowest BCUT2D eigenvalue weighted by Crippen LogP contribution is -2.10. The summed E-state index contributed by atoms with van der Waals surface area (Å²) in [6.45, 7) is 4.92. The predicted molar refractivity (Wildman–Crippen MR) is 73.5 cm³/mol. The molecule has 2 rings (SSSR count). The van der Waals surface area contributed by atoms with E-state index in [1.54, 1.807) is 0 Å². The first-order valence-corrected chi connectivity index (χ1v) is 6.39. The van der Waals surface area contributed by atoms with Crippen molar-refractivity contribution in [1.82, 2.24) is 15.1 Å². The maximum absolute atomic E-state index is 4.56. The number of para-hydroxylation sites is 1. The minimum Gasteiger partial charge on any atom is -0.316 e. The Hall–Kier alpha value is -1.13. The number of hydrogen-bond donors (Lipinski definition) is 1. The van der Waals surface area contributed by atoms with Crippen molar-refractivity contribution in [3.05, 3.63) is 45.7 Å². The van der Waals surface area contributed by atoms with Crippen LogP contribution < -0.4 is 5.32 Å². The van der Waals surface area contributed by atoms with E-state index in [0.717, 1.165) is 28.1 Å². The fourth-order valence-electron chi connectivity index (χ4n) is 1.92. The molecular formula is C13H16BrN3. The van der Waals surface area contributed by atoms with Gasteiger partial charge in [0.05, 0.1) is 21.5 Å². The fraction of sp³-hybridized carbons (Fsp3) is 0.308. The Labute approximate surface area is 110 Å². The third kappa shape index (κ3) is 2.28. The Morgan fingerprint density at radius 2 is 2.00 bits per heavy atom. The van der Waals surface area contributed by atoms with Crippen LogP contribution in [0.5, 0.6) is 0 Å². The topological polar surface area (TPSA) is 29.9 Å². The first-order valence-electron chi connectivity index (χ1n) is 5.59. The van der Waals surface area contributed by atoms with Crippen LogP contribution in [0.3, 0.4) is 0 Å². The number of nitrogens with one attached hydrogen (secondary N) is 1. The van der Waals surface area contributed by atoms with Gasteiger partial charge in [0.2, 0.25) is 0 Å². The number of aromatic nitrogens is 2. The highest BCUT2D eigenvalue weighted by molar-refractivity contribution is 9.10. The molecule has 0 fully saturated rings. The van der Waals surface area contributed by atoms with Gasteiger partial charge < -0.3 is 5.32 Å². The minimum atomic E-state index is 0.839. The molecule has 1 N–H and O–H groups in total. The fourth-order valence-corrected chi connectivity index (χ4v) is 2.16. The smallest absolute Gasteiger partial charge is 0.0743 e. The van der Waals surface area contributed by atoms with Crippen molar-refractivity contribution in [1.29, 1.82) is 0 Å². The van der Waals surface area contributed by atoms with Crippen LogP contribution in [0.25, 0.3) is 5.69 Å². The summed E-state index contributed by atoms with van der Waals surface area (Å²) >= 11 is 3.56. The van der Waals surface area contributed by atoms with Crippen LogP contribution in [-0.4, -0.2) is 16.8 Å². The van der Waals surface area contributed by atoms with Gasteiger partial charge in [0, 0.05) is 6.54 Å². The van der Waals surface area contributed by atoms with E-state index in [1.165, 1.54) is 5.56 Å². The van der Waals surface area contributed by atoms with Crippen LogP contribution in [0, 0.1) is 13.8 Å². The summed E-state index contributed by atoms with van der Waals surface area (Å²) in [6, 6.07) is 8.31. The van der Waals surface area contributed by atoms with Gasteiger partial charge >= 0.3 is 0 Å². The van der Waals surface area contributed by atoms with Crippen molar-refractivity contribution in [3.8, 4) is 5.69 Å². The minimum absolute atomic E-state index is 0.839. The molecule has 17 heavy (non-hydrogen) atoms. The molecule has 0 bridgehead atoms. The van der Waals surface area contributed by atoms with Gasteiger partial charge in [-0.15, -0.1) is 0 Å². The molecule has 0 aliphatic heterocycles. The van der Waals surface area contributed by atoms with E-state index in [1.807, 2.05) is 24.7 Å². The molecular weight excluding hydrogens is 278 g/mol. The lowest BCUT2D eigenvalue weighted by atomic mass is 10.1. The lowest BCUT2D eigenvalue weighted by molar-refractivity contribution is 0.775. The van der Waals surface area contributed by atoms with Crippen LogP contribution >= 0.6 is 15.9 Å². The quantitative estimate of drug-likeness (QED) is 0.943. The van der Waals surface area contributed by atoms with Crippen LogP contribution in [-0.2, 0) is 6.54 Å². The second kappa shape index (κ2) is 5.02. The van der Waals surface area contributed by atoms with Crippen molar-refractivity contribution < 1.29 is 0 Å². The van der Waals surface area contributed by atoms with E-state index in [0.29, 0.717) is 0 Å². The number of benzene rings is 1. The van der Waals surface area contributed by atoms with Gasteiger partial charge in [0.15, 0.2) is 0 Å². The molecule has 0 amide bonds. The first kappa shape index (κ1) is 12.3. The predicted octanol–water partition coefficient (Wildman–Crippen LogP) is 2.97. The molecule has 0 aliphatic rings. The Balaban J connectivity index is 2.56. The Bertz CT molecular complexity index is 531. The highest BCUT2D eigenvalue weighted by Gasteiger charge is 2.12. The van der Waals surface area contributed by atoms with Crippen LogP contribution in [0.2, 0.25) is 0 Å². The molecule has 1 heterocycles. The summed E-state index contributed by atoms with van der Waals surface area (Å²) in [5.74, 6) is 0. The normalized spacial score (nSPS) is 10.8. The van der Waals surface area contributed by atoms with Crippen LogP contribution in [0.15, 0.2) is 28.7 Å². The average molecular weight is 294 g/mol. The zero-order valence-corrected chi connectivity index (χ0v) is 11.9. The van der Waals surface area contributed by atoms with E-state index in [2.05, 4.69) is 51.5 Å². The van der Waals surface area contributed by atoms with E-state index in [9.17, 15) is 0 Å².